The van der Waals surface area contributed by atoms with Gasteiger partial charge in [0.05, 0.1) is 0 Å². The summed E-state index contributed by atoms with van der Waals surface area (Å²) in [4.78, 5) is 31.0. The molecule has 4 rings (SSSR count). The maximum Gasteiger partial charge on any atom is 0.261 e. The Morgan fingerprint density at radius 1 is 0.722 bits per heavy atom. The lowest BCUT2D eigenvalue weighted by molar-refractivity contribution is -0.118. The maximum atomic E-state index is 12.4. The molecular weight excluding hydrogens is 452 g/mol. The average Bonchev–Trinajstić information content (AvgIpc) is 3.56. The van der Waals surface area contributed by atoms with Crippen LogP contribution >= 0.6 is 0 Å². The molecule has 0 aliphatic carbocycles. The van der Waals surface area contributed by atoms with Gasteiger partial charge in [-0.1, -0.05) is 12.1 Å². The first kappa shape index (κ1) is 24.1. The second kappa shape index (κ2) is 11.4. The van der Waals surface area contributed by atoms with Gasteiger partial charge in [-0.2, -0.15) is 10.5 Å². The average molecular weight is 477 g/mol. The highest BCUT2D eigenvalue weighted by Gasteiger charge is 2.10. The van der Waals surface area contributed by atoms with Crippen LogP contribution in [0.15, 0.2) is 72.1 Å². The number of nitrogens with zero attached hydrogens (tertiary/aromatic N) is 2. The lowest BCUT2D eigenvalue weighted by Gasteiger charge is -2.06. The van der Waals surface area contributed by atoms with Crippen molar-refractivity contribution in [1.82, 2.24) is 20.6 Å². The summed E-state index contributed by atoms with van der Waals surface area (Å²) < 4.78 is 0. The van der Waals surface area contributed by atoms with E-state index < -0.39 is 11.8 Å². The van der Waals surface area contributed by atoms with E-state index >= 15 is 0 Å². The van der Waals surface area contributed by atoms with Crippen LogP contribution in [-0.2, 0) is 9.59 Å². The van der Waals surface area contributed by atoms with Crippen molar-refractivity contribution in [3.63, 3.8) is 0 Å². The zero-order valence-electron chi connectivity index (χ0n) is 19.5. The van der Waals surface area contributed by atoms with Crippen molar-refractivity contribution < 1.29 is 9.59 Å². The van der Waals surface area contributed by atoms with E-state index in [1.807, 2.05) is 73.1 Å². The third kappa shape index (κ3) is 5.88. The van der Waals surface area contributed by atoms with Crippen LogP contribution in [0, 0.1) is 22.7 Å². The van der Waals surface area contributed by atoms with E-state index in [2.05, 4.69) is 20.6 Å². The van der Waals surface area contributed by atoms with Crippen molar-refractivity contribution in [2.45, 2.75) is 12.8 Å². The minimum Gasteiger partial charge on any atom is -0.361 e. The minimum absolute atomic E-state index is 0.0276. The zero-order valence-corrected chi connectivity index (χ0v) is 19.5. The molecule has 2 amide bonds. The van der Waals surface area contributed by atoms with Gasteiger partial charge in [-0.05, 0) is 83.3 Å². The molecule has 2 aromatic carbocycles. The van der Waals surface area contributed by atoms with Gasteiger partial charge >= 0.3 is 0 Å². The molecule has 0 fully saturated rings. The molecule has 2 aromatic heterocycles. The summed E-state index contributed by atoms with van der Waals surface area (Å²) in [6, 6.07) is 19.0. The summed E-state index contributed by atoms with van der Waals surface area (Å²) in [7, 11) is 0. The lowest BCUT2D eigenvalue weighted by Crippen LogP contribution is -2.28. The van der Waals surface area contributed by atoms with Gasteiger partial charge in [0.15, 0.2) is 0 Å². The van der Waals surface area contributed by atoms with E-state index in [-0.39, 0.29) is 11.1 Å². The summed E-state index contributed by atoms with van der Waals surface area (Å²) in [5, 5.41) is 26.3. The van der Waals surface area contributed by atoms with Gasteiger partial charge in [0.1, 0.15) is 23.3 Å². The number of nitriles is 2. The molecular formula is C28H24N6O2. The van der Waals surface area contributed by atoms with Crippen LogP contribution in [0.5, 0.6) is 0 Å². The molecule has 36 heavy (non-hydrogen) atoms. The van der Waals surface area contributed by atoms with E-state index in [4.69, 9.17) is 0 Å². The number of unbranched alkanes of at least 4 members (excludes halogenated alkanes) is 1. The Bertz CT molecular complexity index is 1440. The Morgan fingerprint density at radius 3 is 1.58 bits per heavy atom. The summed E-state index contributed by atoms with van der Waals surface area (Å²) in [5.41, 5.74) is 3.56. The fraction of sp³-hybridized carbons (Fsp3) is 0.143. The third-order valence-corrected chi connectivity index (χ3v) is 5.68. The van der Waals surface area contributed by atoms with E-state index in [1.165, 1.54) is 0 Å². The Morgan fingerprint density at radius 2 is 1.17 bits per heavy atom. The van der Waals surface area contributed by atoms with Crippen molar-refractivity contribution >= 4 is 45.8 Å². The first-order chi connectivity index (χ1) is 17.6. The number of benzene rings is 2. The van der Waals surface area contributed by atoms with E-state index in [0.717, 1.165) is 32.9 Å². The summed E-state index contributed by atoms with van der Waals surface area (Å²) in [6.45, 7) is 0.727. The summed E-state index contributed by atoms with van der Waals surface area (Å²) in [6.07, 6.45) is 8.00. The topological polar surface area (TPSA) is 137 Å². The zero-order chi connectivity index (χ0) is 25.3. The quantitative estimate of drug-likeness (QED) is 0.164. The minimum atomic E-state index is -0.440. The Balaban J connectivity index is 1.22. The number of fused-ring (bicyclic) bond motifs is 2. The SMILES string of the molecule is N#C/C(=C\c1ccc2[nH]ccc2c1)C(=O)NCCCCNC(=O)/C(C#N)=C/c1ccc2[nH]ccc2c1. The number of rotatable bonds is 9. The van der Waals surface area contributed by atoms with Crippen molar-refractivity contribution in [2.75, 3.05) is 13.1 Å². The van der Waals surface area contributed by atoms with Gasteiger partial charge in [-0.3, -0.25) is 9.59 Å². The van der Waals surface area contributed by atoms with Gasteiger partial charge in [-0.15, -0.1) is 0 Å². The number of aromatic nitrogens is 2. The molecule has 0 spiro atoms. The normalized spacial score (nSPS) is 11.7. The molecule has 2 heterocycles. The van der Waals surface area contributed by atoms with Crippen LogP contribution in [-0.4, -0.2) is 34.9 Å². The molecule has 4 aromatic rings. The van der Waals surface area contributed by atoms with Crippen LogP contribution in [0.4, 0.5) is 0 Å². The predicted octanol–water partition coefficient (Wildman–Crippen LogP) is 4.18. The van der Waals surface area contributed by atoms with E-state index in [1.54, 1.807) is 12.2 Å². The standard InChI is InChI=1S/C28H24N6O2/c29-17-23(15-19-3-5-25-21(13-19)7-11-31-25)27(35)33-9-1-2-10-34-28(36)24(18-30)16-20-4-6-26-22(14-20)8-12-32-26/h3-8,11-16,31-32H,1-2,9-10H2,(H,33,35)(H,34,36)/b23-15+,24-16+. The number of nitrogens with one attached hydrogen (secondary N) is 4. The first-order valence-corrected chi connectivity index (χ1v) is 11.5. The van der Waals surface area contributed by atoms with E-state index in [0.29, 0.717) is 25.9 Å². The third-order valence-electron chi connectivity index (χ3n) is 5.68. The van der Waals surface area contributed by atoms with Gasteiger partial charge in [0.25, 0.3) is 11.8 Å². The highest BCUT2D eigenvalue weighted by molar-refractivity contribution is 6.02. The Hall–Kier alpha value is -5.08. The highest BCUT2D eigenvalue weighted by atomic mass is 16.2. The Labute approximate surface area is 207 Å². The molecule has 0 radical (unpaired) electrons. The molecule has 0 saturated heterocycles. The molecule has 4 N–H and O–H groups in total. The molecule has 0 aliphatic heterocycles. The number of hydrogen-bond acceptors (Lipinski definition) is 4. The van der Waals surface area contributed by atoms with E-state index in [9.17, 15) is 20.1 Å². The Kier molecular flexibility index (Phi) is 7.60. The first-order valence-electron chi connectivity index (χ1n) is 11.5. The van der Waals surface area contributed by atoms with Crippen LogP contribution in [0.25, 0.3) is 34.0 Å². The molecule has 8 heteroatoms. The smallest absolute Gasteiger partial charge is 0.261 e. The lowest BCUT2D eigenvalue weighted by atomic mass is 10.1. The van der Waals surface area contributed by atoms with Crippen LogP contribution in [0.3, 0.4) is 0 Å². The molecule has 8 nitrogen and oxygen atoms in total. The van der Waals surface area contributed by atoms with Crippen molar-refractivity contribution in [3.05, 3.63) is 83.2 Å². The summed E-state index contributed by atoms with van der Waals surface area (Å²) in [5.74, 6) is -0.880. The van der Waals surface area contributed by atoms with Crippen molar-refractivity contribution in [1.29, 1.82) is 10.5 Å². The number of amides is 2. The number of carbonyl (C=O) groups excluding carboxylic acids is 2. The van der Waals surface area contributed by atoms with Crippen molar-refractivity contribution in [3.8, 4) is 12.1 Å². The second-order valence-electron chi connectivity index (χ2n) is 8.21. The fourth-order valence-electron chi connectivity index (χ4n) is 3.80. The molecule has 0 aliphatic rings. The van der Waals surface area contributed by atoms with Gasteiger partial charge < -0.3 is 20.6 Å². The predicted molar refractivity (Wildman–Crippen MR) is 139 cm³/mol. The van der Waals surface area contributed by atoms with Crippen LogP contribution in [0.1, 0.15) is 24.0 Å². The van der Waals surface area contributed by atoms with Crippen LogP contribution < -0.4 is 10.6 Å². The van der Waals surface area contributed by atoms with Gasteiger partial charge in [-0.25, -0.2) is 0 Å². The maximum absolute atomic E-state index is 12.4. The summed E-state index contributed by atoms with van der Waals surface area (Å²) >= 11 is 0. The van der Waals surface area contributed by atoms with Gasteiger partial charge in [0, 0.05) is 36.5 Å². The molecule has 178 valence electrons. The molecule has 0 bridgehead atoms. The highest BCUT2D eigenvalue weighted by Crippen LogP contribution is 2.17. The largest absolute Gasteiger partial charge is 0.361 e. The molecule has 0 atom stereocenters. The van der Waals surface area contributed by atoms with Crippen molar-refractivity contribution in [2.24, 2.45) is 0 Å². The number of aromatic amines is 2. The molecule has 0 unspecified atom stereocenters. The number of carbonyl (C=O) groups is 2. The second-order valence-corrected chi connectivity index (χ2v) is 8.21. The monoisotopic (exact) mass is 476 g/mol. The van der Waals surface area contributed by atoms with Crippen LogP contribution in [0.2, 0.25) is 0 Å². The number of hydrogen-bond donors (Lipinski definition) is 4. The van der Waals surface area contributed by atoms with Gasteiger partial charge in [0.2, 0.25) is 0 Å². The molecule has 0 saturated carbocycles. The fourth-order valence-corrected chi connectivity index (χ4v) is 3.80. The number of H-pyrrole nitrogens is 2.